The van der Waals surface area contributed by atoms with Gasteiger partial charge in [0.15, 0.2) is 0 Å². The van der Waals surface area contributed by atoms with Gasteiger partial charge in [0.2, 0.25) is 5.16 Å². The Morgan fingerprint density at radius 2 is 2.04 bits per heavy atom. The Hall–Kier alpha value is -2.68. The highest BCUT2D eigenvalue weighted by atomic mass is 32.2. The zero-order valence-corrected chi connectivity index (χ0v) is 13.8. The quantitative estimate of drug-likeness (QED) is 0.570. The van der Waals surface area contributed by atoms with E-state index in [1.807, 2.05) is 0 Å². The van der Waals surface area contributed by atoms with E-state index in [0.717, 1.165) is 17.3 Å². The van der Waals surface area contributed by atoms with Gasteiger partial charge in [0.05, 0.1) is 18.6 Å². The van der Waals surface area contributed by atoms with Gasteiger partial charge in [-0.1, -0.05) is 23.9 Å². The predicted molar refractivity (Wildman–Crippen MR) is 88.1 cm³/mol. The minimum atomic E-state index is -0.372. The number of aryl methyl sites for hydroxylation is 1. The number of nitrogens with zero attached hydrogens (tertiary/aromatic N) is 4. The number of carbonyl (C=O) groups excluding carboxylic acids is 1. The standard InChI is InChI=1S/C15H14FN5O2S/c1-8-12(9-3-5-10(16)6-4-9)13(17)21-14(18-8)19-15(20-21)24-7-11(22)23-2/h3-6H,7,17H2,1-2H3. The molecule has 1 aromatic carbocycles. The summed E-state index contributed by atoms with van der Waals surface area (Å²) in [5, 5.41) is 4.63. The lowest BCUT2D eigenvalue weighted by Gasteiger charge is -2.09. The van der Waals surface area contributed by atoms with Gasteiger partial charge in [0.1, 0.15) is 11.6 Å². The second kappa shape index (κ2) is 6.44. The Morgan fingerprint density at radius 3 is 2.71 bits per heavy atom. The number of anilines is 1. The topological polar surface area (TPSA) is 95.4 Å². The molecule has 0 saturated carbocycles. The number of rotatable bonds is 4. The molecular weight excluding hydrogens is 333 g/mol. The van der Waals surface area contributed by atoms with E-state index >= 15 is 0 Å². The molecule has 0 spiro atoms. The molecule has 0 fully saturated rings. The van der Waals surface area contributed by atoms with Gasteiger partial charge in [-0.2, -0.15) is 9.50 Å². The number of esters is 1. The van der Waals surface area contributed by atoms with Crippen molar-refractivity contribution < 1.29 is 13.9 Å². The number of benzene rings is 1. The summed E-state index contributed by atoms with van der Waals surface area (Å²) in [7, 11) is 1.32. The number of ether oxygens (including phenoxy) is 1. The van der Waals surface area contributed by atoms with Crippen LogP contribution in [-0.2, 0) is 9.53 Å². The maximum Gasteiger partial charge on any atom is 0.316 e. The first-order valence-corrected chi connectivity index (χ1v) is 7.96. The summed E-state index contributed by atoms with van der Waals surface area (Å²) in [6.45, 7) is 1.80. The molecule has 0 atom stereocenters. The number of thioether (sulfide) groups is 1. The lowest BCUT2D eigenvalue weighted by atomic mass is 10.1. The van der Waals surface area contributed by atoms with Gasteiger partial charge in [-0.25, -0.2) is 9.37 Å². The summed E-state index contributed by atoms with van der Waals surface area (Å²) < 4.78 is 19.1. The molecule has 3 aromatic rings. The third-order valence-corrected chi connectivity index (χ3v) is 4.18. The Labute approximate surface area is 141 Å². The summed E-state index contributed by atoms with van der Waals surface area (Å²) in [6, 6.07) is 5.98. The first-order chi connectivity index (χ1) is 11.5. The average Bonchev–Trinajstić information content (AvgIpc) is 2.97. The van der Waals surface area contributed by atoms with Crippen LogP contribution in [0.4, 0.5) is 10.2 Å². The molecule has 0 saturated heterocycles. The molecule has 2 heterocycles. The van der Waals surface area contributed by atoms with E-state index in [1.165, 1.54) is 23.8 Å². The number of hydrogen-bond donors (Lipinski definition) is 1. The monoisotopic (exact) mass is 347 g/mol. The van der Waals surface area contributed by atoms with E-state index in [0.29, 0.717) is 28.0 Å². The van der Waals surface area contributed by atoms with E-state index in [1.54, 1.807) is 19.1 Å². The molecule has 9 heteroatoms. The van der Waals surface area contributed by atoms with Crippen molar-refractivity contribution in [3.8, 4) is 11.1 Å². The molecule has 3 rings (SSSR count). The zero-order chi connectivity index (χ0) is 17.3. The second-order valence-corrected chi connectivity index (χ2v) is 5.88. The van der Waals surface area contributed by atoms with Gasteiger partial charge in [-0.3, -0.25) is 4.79 Å². The smallest absolute Gasteiger partial charge is 0.316 e. The van der Waals surface area contributed by atoms with Crippen molar-refractivity contribution in [2.45, 2.75) is 12.1 Å². The number of hydrogen-bond acceptors (Lipinski definition) is 7. The Morgan fingerprint density at radius 1 is 1.33 bits per heavy atom. The fourth-order valence-electron chi connectivity index (χ4n) is 2.23. The van der Waals surface area contributed by atoms with Crippen LogP contribution in [0.25, 0.3) is 16.9 Å². The highest BCUT2D eigenvalue weighted by Gasteiger charge is 2.16. The van der Waals surface area contributed by atoms with Crippen molar-refractivity contribution in [2.24, 2.45) is 0 Å². The van der Waals surface area contributed by atoms with Gasteiger partial charge in [-0.05, 0) is 24.6 Å². The van der Waals surface area contributed by atoms with Crippen LogP contribution >= 0.6 is 11.8 Å². The molecule has 0 aliphatic carbocycles. The number of halogens is 1. The van der Waals surface area contributed by atoms with Crippen LogP contribution in [0.15, 0.2) is 29.4 Å². The first kappa shape index (κ1) is 16.2. The van der Waals surface area contributed by atoms with Crippen LogP contribution < -0.4 is 5.73 Å². The summed E-state index contributed by atoms with van der Waals surface area (Å²) in [5.74, 6) is 0.0795. The third-order valence-electron chi connectivity index (χ3n) is 3.36. The highest BCUT2D eigenvalue weighted by Crippen LogP contribution is 2.29. The molecule has 7 nitrogen and oxygen atoms in total. The van der Waals surface area contributed by atoms with Crippen LogP contribution in [0.2, 0.25) is 0 Å². The van der Waals surface area contributed by atoms with Gasteiger partial charge >= 0.3 is 5.97 Å². The fourth-order valence-corrected chi connectivity index (χ4v) is 2.88. The number of nitrogen functional groups attached to an aromatic ring is 1. The molecule has 0 aliphatic rings. The normalized spacial score (nSPS) is 11.0. The van der Waals surface area contributed by atoms with E-state index in [-0.39, 0.29) is 17.5 Å². The van der Waals surface area contributed by atoms with E-state index in [2.05, 4.69) is 19.8 Å². The first-order valence-electron chi connectivity index (χ1n) is 6.98. The number of nitrogens with two attached hydrogens (primary N) is 1. The Bertz CT molecular complexity index is 910. The van der Waals surface area contributed by atoms with Crippen molar-refractivity contribution in [1.82, 2.24) is 19.6 Å². The molecule has 0 amide bonds. The fraction of sp³-hybridized carbons (Fsp3) is 0.200. The van der Waals surface area contributed by atoms with E-state index < -0.39 is 0 Å². The maximum absolute atomic E-state index is 13.1. The van der Waals surface area contributed by atoms with Gasteiger partial charge < -0.3 is 10.5 Å². The zero-order valence-electron chi connectivity index (χ0n) is 13.0. The van der Waals surface area contributed by atoms with E-state index in [9.17, 15) is 9.18 Å². The van der Waals surface area contributed by atoms with Crippen LogP contribution in [0, 0.1) is 12.7 Å². The average molecular weight is 347 g/mol. The van der Waals surface area contributed by atoms with Crippen LogP contribution in [0.1, 0.15) is 5.69 Å². The number of fused-ring (bicyclic) bond motifs is 1. The molecule has 2 N–H and O–H groups in total. The molecule has 0 unspecified atom stereocenters. The summed E-state index contributed by atoms with van der Waals surface area (Å²) in [4.78, 5) is 19.8. The molecular formula is C15H14FN5O2S. The molecule has 124 valence electrons. The molecule has 0 bridgehead atoms. The number of aromatic nitrogens is 4. The summed E-state index contributed by atoms with van der Waals surface area (Å²) in [6.07, 6.45) is 0. The van der Waals surface area contributed by atoms with Crippen molar-refractivity contribution in [1.29, 1.82) is 0 Å². The highest BCUT2D eigenvalue weighted by molar-refractivity contribution is 7.99. The van der Waals surface area contributed by atoms with Gasteiger partial charge in [-0.15, -0.1) is 5.10 Å². The minimum absolute atomic E-state index is 0.0943. The lowest BCUT2D eigenvalue weighted by Crippen LogP contribution is -2.06. The van der Waals surface area contributed by atoms with Gasteiger partial charge in [0.25, 0.3) is 5.78 Å². The minimum Gasteiger partial charge on any atom is -0.468 e. The second-order valence-electron chi connectivity index (χ2n) is 4.94. The van der Waals surface area contributed by atoms with Crippen LogP contribution in [0.5, 0.6) is 0 Å². The summed E-state index contributed by atoms with van der Waals surface area (Å²) in [5.41, 5.74) is 8.27. The molecule has 0 radical (unpaired) electrons. The summed E-state index contributed by atoms with van der Waals surface area (Å²) >= 11 is 1.13. The molecule has 0 aliphatic heterocycles. The van der Waals surface area contributed by atoms with Crippen molar-refractivity contribution in [2.75, 3.05) is 18.6 Å². The number of methoxy groups -OCH3 is 1. The predicted octanol–water partition coefficient (Wildman–Crippen LogP) is 2.09. The SMILES string of the molecule is COC(=O)CSc1nc2nc(C)c(-c3ccc(F)cc3)c(N)n2n1. The number of carbonyl (C=O) groups is 1. The molecule has 24 heavy (non-hydrogen) atoms. The third kappa shape index (κ3) is 3.02. The Kier molecular flexibility index (Phi) is 4.34. The van der Waals surface area contributed by atoms with Crippen LogP contribution in [0.3, 0.4) is 0 Å². The lowest BCUT2D eigenvalue weighted by molar-refractivity contribution is -0.137. The van der Waals surface area contributed by atoms with Crippen LogP contribution in [-0.4, -0.2) is 38.4 Å². The van der Waals surface area contributed by atoms with Crippen molar-refractivity contribution >= 4 is 29.3 Å². The van der Waals surface area contributed by atoms with E-state index in [4.69, 9.17) is 5.73 Å². The molecule has 2 aromatic heterocycles. The largest absolute Gasteiger partial charge is 0.468 e. The maximum atomic E-state index is 13.1. The Balaban J connectivity index is 2.03. The van der Waals surface area contributed by atoms with Crippen molar-refractivity contribution in [3.05, 3.63) is 35.8 Å². The van der Waals surface area contributed by atoms with Crippen molar-refractivity contribution in [3.63, 3.8) is 0 Å². The van der Waals surface area contributed by atoms with Gasteiger partial charge in [0, 0.05) is 5.56 Å².